The van der Waals surface area contributed by atoms with Crippen LogP contribution in [0.1, 0.15) is 126 Å². The summed E-state index contributed by atoms with van der Waals surface area (Å²) in [5.74, 6) is 1.62. The molecule has 31 heavy (non-hydrogen) atoms. The smallest absolute Gasteiger partial charge is 0.0777 e. The molecule has 0 N–H and O–H groups in total. The lowest BCUT2D eigenvalue weighted by molar-refractivity contribution is -0.249. The number of fused-ring (bicyclic) bond motifs is 4. The van der Waals surface area contributed by atoms with Crippen LogP contribution in [0.25, 0.3) is 0 Å². The lowest BCUT2D eigenvalue weighted by atomic mass is 9.33. The first-order valence-electron chi connectivity index (χ1n) is 13.6. The van der Waals surface area contributed by atoms with E-state index in [1.165, 1.54) is 76.2 Å². The Hall–Kier alpha value is -0.300. The van der Waals surface area contributed by atoms with Gasteiger partial charge in [0.15, 0.2) is 0 Å². The van der Waals surface area contributed by atoms with E-state index in [4.69, 9.17) is 4.74 Å². The summed E-state index contributed by atoms with van der Waals surface area (Å²) in [5, 5.41) is 0. The molecule has 2 unspecified atom stereocenters. The Morgan fingerprint density at radius 1 is 0.806 bits per heavy atom. The average Bonchev–Trinajstić information content (AvgIpc) is 3.20. The third-order valence-electron chi connectivity index (χ3n) is 12.6. The molecule has 176 valence electrons. The van der Waals surface area contributed by atoms with Gasteiger partial charge in [0.1, 0.15) is 0 Å². The van der Waals surface area contributed by atoms with Crippen molar-refractivity contribution >= 4 is 0 Å². The molecule has 3 saturated carbocycles. The van der Waals surface area contributed by atoms with Crippen LogP contribution >= 0.6 is 0 Å². The van der Waals surface area contributed by atoms with E-state index in [1.807, 2.05) is 0 Å². The number of hydrogen-bond donors (Lipinski definition) is 0. The van der Waals surface area contributed by atoms with Crippen LogP contribution in [0.5, 0.6) is 0 Å². The van der Waals surface area contributed by atoms with Gasteiger partial charge in [-0.3, -0.25) is 0 Å². The maximum absolute atomic E-state index is 7.12. The SMILES string of the molecule is CC(C)=CCC[C@]1(C)CC[C@]2(C)C3CCC4C(C)(C)[C@H]5CC[C@]4(O5)[C@]3(C)CC[C@@]2(C)C1. The van der Waals surface area contributed by atoms with Crippen molar-refractivity contribution in [1.29, 1.82) is 0 Å². The van der Waals surface area contributed by atoms with E-state index in [-0.39, 0.29) is 5.60 Å². The Balaban J connectivity index is 1.45. The first-order chi connectivity index (χ1) is 14.3. The van der Waals surface area contributed by atoms with Crippen LogP contribution in [-0.4, -0.2) is 11.7 Å². The van der Waals surface area contributed by atoms with Crippen LogP contribution in [0.4, 0.5) is 0 Å². The fourth-order valence-corrected chi connectivity index (χ4v) is 10.6. The first kappa shape index (κ1) is 22.5. The molecule has 0 radical (unpaired) electrons. The molecule has 0 aromatic carbocycles. The molecule has 3 aliphatic carbocycles. The highest BCUT2D eigenvalue weighted by Crippen LogP contribution is 2.78. The molecule has 2 bridgehead atoms. The van der Waals surface area contributed by atoms with Crippen molar-refractivity contribution in [3.05, 3.63) is 11.6 Å². The lowest BCUT2D eigenvalue weighted by Crippen LogP contribution is -2.67. The van der Waals surface area contributed by atoms with Gasteiger partial charge in [0.2, 0.25) is 0 Å². The van der Waals surface area contributed by atoms with E-state index in [2.05, 4.69) is 61.5 Å². The fraction of sp³-hybridized carbons (Fsp3) is 0.933. The lowest BCUT2D eigenvalue weighted by Gasteiger charge is -2.71. The summed E-state index contributed by atoms with van der Waals surface area (Å²) in [6.45, 7) is 20.3. The minimum atomic E-state index is 0.179. The molecule has 5 aliphatic rings. The summed E-state index contributed by atoms with van der Waals surface area (Å²) in [6.07, 6.45) is 18.2. The van der Waals surface area contributed by atoms with Crippen LogP contribution < -0.4 is 0 Å². The van der Waals surface area contributed by atoms with Gasteiger partial charge in [0.25, 0.3) is 0 Å². The molecule has 1 nitrogen and oxygen atoms in total. The Morgan fingerprint density at radius 2 is 1.48 bits per heavy atom. The van der Waals surface area contributed by atoms with Crippen molar-refractivity contribution in [3.63, 3.8) is 0 Å². The standard InChI is InChI=1S/C30H50O/c1-21(2)10-9-14-26(5)16-18-28(7)23-12-11-22-25(3,4)24-13-15-30(22,31-24)29(23,8)19-17-27(28,6)20-26/h10,22-24H,9,11-20H2,1-8H3/t22?,23?,24-,26-,27+,28-,29-,30-/m1/s1. The Bertz CT molecular complexity index is 775. The summed E-state index contributed by atoms with van der Waals surface area (Å²) in [4.78, 5) is 0. The fourth-order valence-electron chi connectivity index (χ4n) is 10.6. The van der Waals surface area contributed by atoms with Crippen LogP contribution in [-0.2, 0) is 4.74 Å². The Morgan fingerprint density at radius 3 is 2.19 bits per heavy atom. The van der Waals surface area contributed by atoms with Crippen LogP contribution in [0.15, 0.2) is 11.6 Å². The van der Waals surface area contributed by atoms with Gasteiger partial charge >= 0.3 is 0 Å². The molecule has 2 aliphatic heterocycles. The van der Waals surface area contributed by atoms with Crippen molar-refractivity contribution < 1.29 is 4.74 Å². The summed E-state index contributed by atoms with van der Waals surface area (Å²) >= 11 is 0. The zero-order valence-corrected chi connectivity index (χ0v) is 22.0. The summed E-state index contributed by atoms with van der Waals surface area (Å²) in [6, 6.07) is 0. The van der Waals surface area contributed by atoms with Gasteiger partial charge in [-0.05, 0) is 118 Å². The molecule has 5 rings (SSSR count). The number of ether oxygens (including phenoxy) is 1. The molecule has 5 fully saturated rings. The molecule has 0 aromatic heterocycles. The first-order valence-corrected chi connectivity index (χ1v) is 13.6. The number of hydrogen-bond acceptors (Lipinski definition) is 1. The van der Waals surface area contributed by atoms with Gasteiger partial charge in [-0.1, -0.05) is 53.2 Å². The minimum Gasteiger partial charge on any atom is -0.370 e. The third kappa shape index (κ3) is 2.77. The van der Waals surface area contributed by atoms with Gasteiger partial charge in [0, 0.05) is 5.41 Å². The predicted molar refractivity (Wildman–Crippen MR) is 131 cm³/mol. The molecule has 0 amide bonds. The Labute approximate surface area is 193 Å². The van der Waals surface area contributed by atoms with E-state index in [0.717, 1.165) is 11.8 Å². The van der Waals surface area contributed by atoms with Crippen molar-refractivity contribution in [3.8, 4) is 0 Å². The largest absolute Gasteiger partial charge is 0.370 e. The number of allylic oxidation sites excluding steroid dienone is 2. The van der Waals surface area contributed by atoms with Crippen molar-refractivity contribution in [1.82, 2.24) is 0 Å². The second-order valence-electron chi connectivity index (χ2n) is 14.7. The quantitative estimate of drug-likeness (QED) is 0.410. The molecular weight excluding hydrogens is 376 g/mol. The number of rotatable bonds is 3. The highest BCUT2D eigenvalue weighted by Gasteiger charge is 2.76. The van der Waals surface area contributed by atoms with E-state index >= 15 is 0 Å². The van der Waals surface area contributed by atoms with Crippen molar-refractivity contribution in [2.45, 2.75) is 138 Å². The monoisotopic (exact) mass is 426 g/mol. The van der Waals surface area contributed by atoms with Gasteiger partial charge in [-0.15, -0.1) is 0 Å². The van der Waals surface area contributed by atoms with Crippen LogP contribution in [0, 0.1) is 38.9 Å². The molecule has 1 spiro atoms. The highest BCUT2D eigenvalue weighted by molar-refractivity contribution is 5.24. The van der Waals surface area contributed by atoms with Crippen LogP contribution in [0.2, 0.25) is 0 Å². The van der Waals surface area contributed by atoms with Crippen LogP contribution in [0.3, 0.4) is 0 Å². The molecule has 2 heterocycles. The van der Waals surface area contributed by atoms with Gasteiger partial charge in [-0.25, -0.2) is 0 Å². The zero-order chi connectivity index (χ0) is 22.5. The molecule has 1 heteroatoms. The maximum Gasteiger partial charge on any atom is 0.0777 e. The molecule has 2 saturated heterocycles. The van der Waals surface area contributed by atoms with E-state index in [9.17, 15) is 0 Å². The summed E-state index contributed by atoms with van der Waals surface area (Å²) in [7, 11) is 0. The van der Waals surface area contributed by atoms with Crippen molar-refractivity contribution in [2.24, 2.45) is 38.9 Å². The second kappa shape index (κ2) is 6.64. The highest BCUT2D eigenvalue weighted by atomic mass is 16.5. The van der Waals surface area contributed by atoms with E-state index in [0.29, 0.717) is 33.2 Å². The third-order valence-corrected chi connectivity index (χ3v) is 12.6. The second-order valence-corrected chi connectivity index (χ2v) is 14.7. The Kier molecular flexibility index (Phi) is 4.82. The van der Waals surface area contributed by atoms with E-state index in [1.54, 1.807) is 0 Å². The van der Waals surface area contributed by atoms with E-state index < -0.39 is 0 Å². The van der Waals surface area contributed by atoms with Gasteiger partial charge < -0.3 is 4.74 Å². The van der Waals surface area contributed by atoms with Gasteiger partial charge in [0.05, 0.1) is 11.7 Å². The zero-order valence-electron chi connectivity index (χ0n) is 22.0. The molecule has 0 aromatic rings. The summed E-state index contributed by atoms with van der Waals surface area (Å²) in [5.41, 5.74) is 3.90. The molecule has 8 atom stereocenters. The maximum atomic E-state index is 7.12. The predicted octanol–water partition coefficient (Wildman–Crippen LogP) is 8.72. The molecular formula is C30H50O. The topological polar surface area (TPSA) is 9.23 Å². The average molecular weight is 427 g/mol. The minimum absolute atomic E-state index is 0.179. The summed E-state index contributed by atoms with van der Waals surface area (Å²) < 4.78 is 7.12. The van der Waals surface area contributed by atoms with Crippen molar-refractivity contribution in [2.75, 3.05) is 0 Å². The van der Waals surface area contributed by atoms with Gasteiger partial charge in [-0.2, -0.15) is 0 Å². The normalized spacial score (nSPS) is 54.6.